The zero-order chi connectivity index (χ0) is 12.4. The molecule has 0 spiro atoms. The highest BCUT2D eigenvalue weighted by molar-refractivity contribution is 5.71. The summed E-state index contributed by atoms with van der Waals surface area (Å²) in [5, 5.41) is 17.0. The highest BCUT2D eigenvalue weighted by atomic mass is 16.4. The minimum absolute atomic E-state index is 0.0482. The monoisotopic (exact) mass is 231 g/mol. The van der Waals surface area contributed by atoms with Gasteiger partial charge >= 0.3 is 5.97 Å². The molecule has 0 radical (unpaired) electrons. The molecular formula is C12H13N3O2. The molecule has 0 aliphatic heterocycles. The number of carboxylic acid groups (broad SMARTS) is 1. The van der Waals surface area contributed by atoms with Crippen LogP contribution in [0.4, 0.5) is 0 Å². The van der Waals surface area contributed by atoms with Gasteiger partial charge in [-0.1, -0.05) is 12.1 Å². The molecule has 88 valence electrons. The van der Waals surface area contributed by atoms with Gasteiger partial charge in [-0.3, -0.25) is 4.79 Å². The molecule has 1 aromatic carbocycles. The number of aromatic nitrogens is 3. The third-order valence-corrected chi connectivity index (χ3v) is 2.58. The summed E-state index contributed by atoms with van der Waals surface area (Å²) in [7, 11) is 1.76. The number of aryl methyl sites for hydroxylation is 2. The average Bonchev–Trinajstić information content (AvgIpc) is 2.67. The van der Waals surface area contributed by atoms with Gasteiger partial charge in [0, 0.05) is 12.6 Å². The maximum absolute atomic E-state index is 10.7. The Balaban J connectivity index is 2.33. The lowest BCUT2D eigenvalue weighted by Crippen LogP contribution is -2.02. The molecule has 5 nitrogen and oxygen atoms in total. The minimum atomic E-state index is -0.819. The van der Waals surface area contributed by atoms with Crippen molar-refractivity contribution in [1.29, 1.82) is 0 Å². The lowest BCUT2D eigenvalue weighted by molar-refractivity contribution is -0.136. The molecule has 5 heteroatoms. The summed E-state index contributed by atoms with van der Waals surface area (Å²) in [6.45, 7) is 1.90. The Morgan fingerprint density at radius 3 is 2.76 bits per heavy atom. The zero-order valence-electron chi connectivity index (χ0n) is 9.71. The van der Waals surface area contributed by atoms with Crippen molar-refractivity contribution in [2.24, 2.45) is 7.05 Å². The van der Waals surface area contributed by atoms with Crippen molar-refractivity contribution in [1.82, 2.24) is 15.0 Å². The Hall–Kier alpha value is -2.17. The topological polar surface area (TPSA) is 68.0 Å². The molecule has 1 aromatic heterocycles. The summed E-state index contributed by atoms with van der Waals surface area (Å²) in [5.74, 6) is -0.819. The first-order valence-electron chi connectivity index (χ1n) is 5.24. The van der Waals surface area contributed by atoms with E-state index in [1.54, 1.807) is 13.2 Å². The molecule has 0 bridgehead atoms. The summed E-state index contributed by atoms with van der Waals surface area (Å²) in [5.41, 5.74) is 3.52. The van der Waals surface area contributed by atoms with Gasteiger partial charge < -0.3 is 5.11 Å². The number of hydrogen-bond acceptors (Lipinski definition) is 3. The number of rotatable bonds is 3. The van der Waals surface area contributed by atoms with E-state index in [-0.39, 0.29) is 6.42 Å². The molecule has 2 rings (SSSR count). The summed E-state index contributed by atoms with van der Waals surface area (Å²) in [6, 6.07) is 5.63. The summed E-state index contributed by atoms with van der Waals surface area (Å²) < 4.78 is 0. The Kier molecular flexibility index (Phi) is 2.91. The van der Waals surface area contributed by atoms with Crippen LogP contribution < -0.4 is 0 Å². The van der Waals surface area contributed by atoms with E-state index in [0.717, 1.165) is 22.4 Å². The molecule has 2 aromatic rings. The van der Waals surface area contributed by atoms with Crippen LogP contribution in [-0.4, -0.2) is 26.1 Å². The van der Waals surface area contributed by atoms with Crippen LogP contribution in [0.5, 0.6) is 0 Å². The number of hydrogen-bond donors (Lipinski definition) is 1. The van der Waals surface area contributed by atoms with E-state index in [1.165, 1.54) is 4.80 Å². The van der Waals surface area contributed by atoms with Crippen LogP contribution >= 0.6 is 0 Å². The number of benzene rings is 1. The van der Waals surface area contributed by atoms with Crippen LogP contribution in [0.15, 0.2) is 24.4 Å². The van der Waals surface area contributed by atoms with Gasteiger partial charge in [-0.25, -0.2) is 0 Å². The lowest BCUT2D eigenvalue weighted by Gasteiger charge is -2.04. The van der Waals surface area contributed by atoms with Gasteiger partial charge in [0.15, 0.2) is 0 Å². The number of nitrogens with zero attached hydrogens (tertiary/aromatic N) is 3. The predicted molar refractivity (Wildman–Crippen MR) is 62.5 cm³/mol. The summed E-state index contributed by atoms with van der Waals surface area (Å²) in [4.78, 5) is 12.1. The highest BCUT2D eigenvalue weighted by Crippen LogP contribution is 2.20. The molecule has 0 aliphatic carbocycles. The van der Waals surface area contributed by atoms with E-state index in [9.17, 15) is 4.79 Å². The fourth-order valence-corrected chi connectivity index (χ4v) is 1.69. The van der Waals surface area contributed by atoms with Crippen LogP contribution in [0, 0.1) is 6.92 Å². The second-order valence-electron chi connectivity index (χ2n) is 3.93. The molecule has 0 unspecified atom stereocenters. The SMILES string of the molecule is Cc1cc(-c2cnn(C)n2)ccc1CC(=O)O. The van der Waals surface area contributed by atoms with E-state index in [2.05, 4.69) is 10.2 Å². The summed E-state index contributed by atoms with van der Waals surface area (Å²) in [6.07, 6.45) is 1.73. The number of carboxylic acids is 1. The molecule has 0 fully saturated rings. The van der Waals surface area contributed by atoms with Gasteiger partial charge in [0.25, 0.3) is 0 Å². The standard InChI is InChI=1S/C12H13N3O2/c1-8-5-10(11-7-13-15(2)14-11)4-3-9(8)6-12(16)17/h3-5,7H,6H2,1-2H3,(H,16,17). The molecular weight excluding hydrogens is 218 g/mol. The first-order valence-corrected chi connectivity index (χ1v) is 5.24. The van der Waals surface area contributed by atoms with Gasteiger partial charge in [-0.15, -0.1) is 0 Å². The molecule has 17 heavy (non-hydrogen) atoms. The van der Waals surface area contributed by atoms with Crippen LogP contribution in [0.1, 0.15) is 11.1 Å². The first kappa shape index (κ1) is 11.3. The number of aliphatic carboxylic acids is 1. The van der Waals surface area contributed by atoms with Crippen molar-refractivity contribution in [2.45, 2.75) is 13.3 Å². The average molecular weight is 231 g/mol. The smallest absolute Gasteiger partial charge is 0.307 e. The van der Waals surface area contributed by atoms with Crippen LogP contribution in [0.2, 0.25) is 0 Å². The Morgan fingerprint density at radius 2 is 2.24 bits per heavy atom. The first-order chi connectivity index (χ1) is 8.06. The van der Waals surface area contributed by atoms with E-state index in [4.69, 9.17) is 5.11 Å². The quantitative estimate of drug-likeness (QED) is 0.867. The zero-order valence-corrected chi connectivity index (χ0v) is 9.71. The van der Waals surface area contributed by atoms with Crippen molar-refractivity contribution in [2.75, 3.05) is 0 Å². The Morgan fingerprint density at radius 1 is 1.47 bits per heavy atom. The van der Waals surface area contributed by atoms with Gasteiger partial charge in [0.05, 0.1) is 12.6 Å². The van der Waals surface area contributed by atoms with E-state index in [1.807, 2.05) is 25.1 Å². The fourth-order valence-electron chi connectivity index (χ4n) is 1.69. The third kappa shape index (κ3) is 2.50. The number of carbonyl (C=O) groups is 1. The van der Waals surface area contributed by atoms with Crippen molar-refractivity contribution in [3.63, 3.8) is 0 Å². The molecule has 0 saturated heterocycles. The molecule has 0 amide bonds. The second kappa shape index (κ2) is 4.37. The molecule has 0 aliphatic rings. The second-order valence-corrected chi connectivity index (χ2v) is 3.93. The molecule has 0 saturated carbocycles. The maximum atomic E-state index is 10.7. The third-order valence-electron chi connectivity index (χ3n) is 2.58. The predicted octanol–water partition coefficient (Wildman–Crippen LogP) is 1.42. The van der Waals surface area contributed by atoms with Crippen molar-refractivity contribution < 1.29 is 9.90 Å². The van der Waals surface area contributed by atoms with Crippen LogP contribution in [-0.2, 0) is 18.3 Å². The van der Waals surface area contributed by atoms with Crippen LogP contribution in [0.3, 0.4) is 0 Å². The van der Waals surface area contributed by atoms with E-state index < -0.39 is 5.97 Å². The largest absolute Gasteiger partial charge is 0.481 e. The fraction of sp³-hybridized carbons (Fsp3) is 0.250. The van der Waals surface area contributed by atoms with E-state index in [0.29, 0.717) is 0 Å². The summed E-state index contributed by atoms with van der Waals surface area (Å²) >= 11 is 0. The Labute approximate surface area is 98.7 Å². The Bertz CT molecular complexity index is 561. The van der Waals surface area contributed by atoms with Crippen molar-refractivity contribution in [3.05, 3.63) is 35.5 Å². The van der Waals surface area contributed by atoms with E-state index >= 15 is 0 Å². The van der Waals surface area contributed by atoms with Gasteiger partial charge in [0.1, 0.15) is 5.69 Å². The minimum Gasteiger partial charge on any atom is -0.481 e. The van der Waals surface area contributed by atoms with Gasteiger partial charge in [-0.05, 0) is 24.1 Å². The van der Waals surface area contributed by atoms with Crippen molar-refractivity contribution in [3.8, 4) is 11.3 Å². The van der Waals surface area contributed by atoms with Gasteiger partial charge in [0.2, 0.25) is 0 Å². The normalized spacial score (nSPS) is 10.5. The van der Waals surface area contributed by atoms with Crippen LogP contribution in [0.25, 0.3) is 11.3 Å². The van der Waals surface area contributed by atoms with Gasteiger partial charge in [-0.2, -0.15) is 15.0 Å². The lowest BCUT2D eigenvalue weighted by atomic mass is 10.0. The maximum Gasteiger partial charge on any atom is 0.307 e. The highest BCUT2D eigenvalue weighted by Gasteiger charge is 2.07. The molecule has 1 heterocycles. The molecule has 0 atom stereocenters. The van der Waals surface area contributed by atoms with Crippen molar-refractivity contribution >= 4 is 5.97 Å². The molecule has 1 N–H and O–H groups in total.